The second-order valence-corrected chi connectivity index (χ2v) is 6.98. The molecule has 0 amide bonds. The lowest BCUT2D eigenvalue weighted by atomic mass is 9.69. The van der Waals surface area contributed by atoms with E-state index in [4.69, 9.17) is 16.3 Å². The summed E-state index contributed by atoms with van der Waals surface area (Å²) in [4.78, 5) is 13.1. The van der Waals surface area contributed by atoms with E-state index in [-0.39, 0.29) is 12.6 Å². The van der Waals surface area contributed by atoms with Crippen molar-refractivity contribution in [1.29, 1.82) is 0 Å². The average molecular weight is 363 g/mol. The number of hydrogen-bond acceptors (Lipinski definition) is 5. The van der Waals surface area contributed by atoms with Crippen LogP contribution in [0.1, 0.15) is 56.8 Å². The molecule has 0 unspecified atom stereocenters. The Labute approximate surface area is 152 Å². The predicted molar refractivity (Wildman–Crippen MR) is 94.1 cm³/mol. The first-order valence-corrected chi connectivity index (χ1v) is 9.22. The molecule has 2 aromatic rings. The monoisotopic (exact) mass is 362 g/mol. The van der Waals surface area contributed by atoms with Crippen LogP contribution in [-0.2, 0) is 28.1 Å². The predicted octanol–water partition coefficient (Wildman–Crippen LogP) is 3.68. The Morgan fingerprint density at radius 1 is 1.32 bits per heavy atom. The summed E-state index contributed by atoms with van der Waals surface area (Å²) in [6.45, 7) is 2.85. The highest BCUT2D eigenvalue weighted by Gasteiger charge is 2.42. The minimum atomic E-state index is -0.619. The molecule has 6 nitrogen and oxygen atoms in total. The fraction of sp³-hybridized carbons (Fsp3) is 0.556. The standard InChI is InChI=1S/C18H23ClN4O2/c1-2-11-23-16(20-21-22-23)13-25-17(24)18(9-4-3-5-10-18)14-7-6-8-15(19)12-14/h6-8,12H,2-5,9-11,13H2,1H3. The van der Waals surface area contributed by atoms with Gasteiger partial charge in [-0.05, 0) is 47.4 Å². The number of carbonyl (C=O) groups is 1. The van der Waals surface area contributed by atoms with Crippen LogP contribution in [0.25, 0.3) is 0 Å². The summed E-state index contributed by atoms with van der Waals surface area (Å²) in [5.74, 6) is 0.368. The Morgan fingerprint density at radius 2 is 2.12 bits per heavy atom. The van der Waals surface area contributed by atoms with Gasteiger partial charge in [0.05, 0.1) is 5.41 Å². The van der Waals surface area contributed by atoms with Crippen molar-refractivity contribution in [3.63, 3.8) is 0 Å². The van der Waals surface area contributed by atoms with Crippen LogP contribution in [0.15, 0.2) is 24.3 Å². The van der Waals surface area contributed by atoms with Crippen molar-refractivity contribution >= 4 is 17.6 Å². The second-order valence-electron chi connectivity index (χ2n) is 6.55. The van der Waals surface area contributed by atoms with Crippen LogP contribution in [-0.4, -0.2) is 26.2 Å². The lowest BCUT2D eigenvalue weighted by molar-refractivity contribution is -0.154. The number of aromatic nitrogens is 4. The van der Waals surface area contributed by atoms with Crippen molar-refractivity contribution in [1.82, 2.24) is 20.2 Å². The van der Waals surface area contributed by atoms with E-state index in [0.717, 1.165) is 44.1 Å². The fourth-order valence-electron chi connectivity index (χ4n) is 3.53. The number of nitrogens with zero attached hydrogens (tertiary/aromatic N) is 4. The molecule has 1 aliphatic carbocycles. The topological polar surface area (TPSA) is 69.9 Å². The lowest BCUT2D eigenvalue weighted by Gasteiger charge is -2.35. The van der Waals surface area contributed by atoms with E-state index in [0.29, 0.717) is 17.4 Å². The van der Waals surface area contributed by atoms with Gasteiger partial charge in [0.1, 0.15) is 0 Å². The number of halogens is 1. The summed E-state index contributed by atoms with van der Waals surface area (Å²) in [6.07, 6.45) is 5.64. The molecule has 0 spiro atoms. The molecule has 25 heavy (non-hydrogen) atoms. The molecule has 1 aromatic heterocycles. The summed E-state index contributed by atoms with van der Waals surface area (Å²) in [5.41, 5.74) is 0.324. The Bertz CT molecular complexity index is 725. The molecule has 134 valence electrons. The van der Waals surface area contributed by atoms with Crippen LogP contribution < -0.4 is 0 Å². The van der Waals surface area contributed by atoms with Crippen molar-refractivity contribution < 1.29 is 9.53 Å². The number of carbonyl (C=O) groups excluding carboxylic acids is 1. The highest BCUT2D eigenvalue weighted by Crippen LogP contribution is 2.41. The molecule has 1 aliphatic rings. The molecule has 0 aliphatic heterocycles. The minimum Gasteiger partial charge on any atom is -0.457 e. The number of hydrogen-bond donors (Lipinski definition) is 0. The molecule has 7 heteroatoms. The largest absolute Gasteiger partial charge is 0.457 e. The van der Waals surface area contributed by atoms with Crippen LogP contribution in [0.4, 0.5) is 0 Å². The second kappa shape index (κ2) is 7.95. The van der Waals surface area contributed by atoms with Crippen LogP contribution in [0.2, 0.25) is 5.02 Å². The van der Waals surface area contributed by atoms with Crippen molar-refractivity contribution in [2.45, 2.75) is 64.0 Å². The van der Waals surface area contributed by atoms with Crippen molar-refractivity contribution in [3.8, 4) is 0 Å². The first-order chi connectivity index (χ1) is 12.2. The number of rotatable bonds is 6. The third kappa shape index (κ3) is 3.84. The molecular weight excluding hydrogens is 340 g/mol. The van der Waals surface area contributed by atoms with E-state index in [1.54, 1.807) is 4.68 Å². The Balaban J connectivity index is 1.79. The van der Waals surface area contributed by atoms with E-state index >= 15 is 0 Å². The first-order valence-electron chi connectivity index (χ1n) is 8.84. The summed E-state index contributed by atoms with van der Waals surface area (Å²) >= 11 is 6.16. The summed E-state index contributed by atoms with van der Waals surface area (Å²) in [5, 5.41) is 12.2. The van der Waals surface area contributed by atoms with Crippen LogP contribution in [0, 0.1) is 0 Å². The lowest BCUT2D eigenvalue weighted by Crippen LogP contribution is -2.39. The van der Waals surface area contributed by atoms with Gasteiger partial charge < -0.3 is 4.74 Å². The fourth-order valence-corrected chi connectivity index (χ4v) is 3.72. The highest BCUT2D eigenvalue weighted by atomic mass is 35.5. The van der Waals surface area contributed by atoms with Gasteiger partial charge in [0.2, 0.25) is 0 Å². The molecule has 1 aromatic carbocycles. The SMILES string of the molecule is CCCn1nnnc1COC(=O)C1(c2cccc(Cl)c2)CCCCC1. The normalized spacial score (nSPS) is 16.6. The van der Waals surface area contributed by atoms with Gasteiger partial charge in [-0.15, -0.1) is 5.10 Å². The quantitative estimate of drug-likeness (QED) is 0.733. The molecule has 1 saturated carbocycles. The summed E-state index contributed by atoms with van der Waals surface area (Å²) in [7, 11) is 0. The number of aryl methyl sites for hydroxylation is 1. The Morgan fingerprint density at radius 3 is 2.84 bits per heavy atom. The van der Waals surface area contributed by atoms with Gasteiger partial charge in [-0.3, -0.25) is 4.79 Å². The molecule has 1 heterocycles. The van der Waals surface area contributed by atoms with Crippen LogP contribution >= 0.6 is 11.6 Å². The zero-order valence-corrected chi connectivity index (χ0v) is 15.2. The van der Waals surface area contributed by atoms with Crippen LogP contribution in [0.3, 0.4) is 0 Å². The van der Waals surface area contributed by atoms with Crippen molar-refractivity contribution in [3.05, 3.63) is 40.7 Å². The van der Waals surface area contributed by atoms with Crippen LogP contribution in [0.5, 0.6) is 0 Å². The Hall–Kier alpha value is -1.95. The van der Waals surface area contributed by atoms with Gasteiger partial charge >= 0.3 is 5.97 Å². The highest BCUT2D eigenvalue weighted by molar-refractivity contribution is 6.30. The average Bonchev–Trinajstić information content (AvgIpc) is 3.08. The smallest absolute Gasteiger partial charge is 0.317 e. The molecule has 3 rings (SSSR count). The molecular formula is C18H23ClN4O2. The number of benzene rings is 1. The maximum atomic E-state index is 13.1. The maximum absolute atomic E-state index is 13.1. The number of esters is 1. The van der Waals surface area contributed by atoms with E-state index < -0.39 is 5.41 Å². The third-order valence-corrected chi connectivity index (χ3v) is 5.08. The molecule has 0 N–H and O–H groups in total. The van der Waals surface area contributed by atoms with Gasteiger partial charge in [-0.2, -0.15) is 0 Å². The third-order valence-electron chi connectivity index (χ3n) is 4.85. The van der Waals surface area contributed by atoms with Gasteiger partial charge in [-0.1, -0.05) is 49.9 Å². The zero-order valence-electron chi connectivity index (χ0n) is 14.4. The Kier molecular flexibility index (Phi) is 5.68. The molecule has 0 saturated heterocycles. The number of tetrazole rings is 1. The van der Waals surface area contributed by atoms with Gasteiger partial charge in [0.15, 0.2) is 12.4 Å². The summed E-state index contributed by atoms with van der Waals surface area (Å²) < 4.78 is 7.35. The molecule has 0 bridgehead atoms. The molecule has 1 fully saturated rings. The zero-order chi connectivity index (χ0) is 17.7. The maximum Gasteiger partial charge on any atom is 0.317 e. The van der Waals surface area contributed by atoms with Crippen molar-refractivity contribution in [2.75, 3.05) is 0 Å². The molecule has 0 atom stereocenters. The van der Waals surface area contributed by atoms with E-state index in [1.807, 2.05) is 31.2 Å². The van der Waals surface area contributed by atoms with Gasteiger partial charge in [-0.25, -0.2) is 4.68 Å². The molecule has 0 radical (unpaired) electrons. The van der Waals surface area contributed by atoms with Crippen molar-refractivity contribution in [2.24, 2.45) is 0 Å². The van der Waals surface area contributed by atoms with Gasteiger partial charge in [0.25, 0.3) is 0 Å². The first kappa shape index (κ1) is 17.9. The minimum absolute atomic E-state index is 0.0914. The van der Waals surface area contributed by atoms with E-state index in [1.165, 1.54) is 0 Å². The number of ether oxygens (including phenoxy) is 1. The van der Waals surface area contributed by atoms with E-state index in [2.05, 4.69) is 15.5 Å². The summed E-state index contributed by atoms with van der Waals surface area (Å²) in [6, 6.07) is 7.57. The van der Waals surface area contributed by atoms with E-state index in [9.17, 15) is 4.79 Å². The van der Waals surface area contributed by atoms with Gasteiger partial charge in [0, 0.05) is 11.6 Å².